The summed E-state index contributed by atoms with van der Waals surface area (Å²) < 4.78 is 6.66. The molecule has 0 saturated carbocycles. The molecular weight excluding hydrogens is 306 g/mol. The van der Waals surface area contributed by atoms with Gasteiger partial charge < -0.3 is 4.74 Å². The van der Waals surface area contributed by atoms with Crippen LogP contribution in [0.1, 0.15) is 29.9 Å². The molecule has 0 amide bonds. The molecule has 0 saturated heterocycles. The molecular formula is C18H17N3O3. The van der Waals surface area contributed by atoms with Gasteiger partial charge in [0.05, 0.1) is 29.4 Å². The molecule has 0 spiro atoms. The number of esters is 1. The molecule has 24 heavy (non-hydrogen) atoms. The lowest BCUT2D eigenvalue weighted by Gasteiger charge is -2.35. The highest BCUT2D eigenvalue weighted by molar-refractivity contribution is 6.10. The highest BCUT2D eigenvalue weighted by Gasteiger charge is 2.47. The zero-order chi connectivity index (χ0) is 17.1. The largest absolute Gasteiger partial charge is 0.468 e. The van der Waals surface area contributed by atoms with Crippen LogP contribution in [-0.2, 0) is 16.0 Å². The van der Waals surface area contributed by atoms with Gasteiger partial charge in [-0.2, -0.15) is 0 Å². The van der Waals surface area contributed by atoms with Crippen molar-refractivity contribution in [3.8, 4) is 0 Å². The number of rotatable bonds is 1. The maximum absolute atomic E-state index is 13.0. The first-order valence-corrected chi connectivity index (χ1v) is 7.81. The molecule has 2 aromatic heterocycles. The molecule has 1 aliphatic rings. The number of carbonyl (C=O) groups excluding carboxylic acids is 2. The van der Waals surface area contributed by atoms with E-state index < -0.39 is 17.3 Å². The van der Waals surface area contributed by atoms with E-state index >= 15 is 0 Å². The number of ketones is 1. The van der Waals surface area contributed by atoms with Crippen molar-refractivity contribution in [2.24, 2.45) is 11.3 Å². The summed E-state index contributed by atoms with van der Waals surface area (Å²) in [5, 5.41) is 0. The van der Waals surface area contributed by atoms with E-state index in [-0.39, 0.29) is 5.78 Å². The minimum atomic E-state index is -0.816. The Labute approximate surface area is 138 Å². The number of carbonyl (C=O) groups is 2. The Balaban J connectivity index is 1.97. The van der Waals surface area contributed by atoms with Gasteiger partial charge in [0.1, 0.15) is 5.92 Å². The maximum Gasteiger partial charge on any atom is 0.317 e. The van der Waals surface area contributed by atoms with Crippen molar-refractivity contribution in [3.05, 3.63) is 41.7 Å². The van der Waals surface area contributed by atoms with Gasteiger partial charge >= 0.3 is 5.97 Å². The van der Waals surface area contributed by atoms with E-state index in [9.17, 15) is 9.59 Å². The Morgan fingerprint density at radius 1 is 1.29 bits per heavy atom. The zero-order valence-electron chi connectivity index (χ0n) is 13.7. The molecule has 2 heterocycles. The lowest BCUT2D eigenvalue weighted by Crippen LogP contribution is -2.44. The topological polar surface area (TPSA) is 73.6 Å². The van der Waals surface area contributed by atoms with Crippen LogP contribution in [-0.4, -0.2) is 33.2 Å². The first-order chi connectivity index (χ1) is 11.4. The molecule has 1 aromatic carbocycles. The van der Waals surface area contributed by atoms with Gasteiger partial charge in [-0.15, -0.1) is 0 Å². The summed E-state index contributed by atoms with van der Waals surface area (Å²) in [6, 6.07) is 7.67. The number of nitrogens with zero attached hydrogens (tertiary/aromatic N) is 3. The second kappa shape index (κ2) is 4.87. The van der Waals surface area contributed by atoms with Gasteiger partial charge in [-0.05, 0) is 24.0 Å². The maximum atomic E-state index is 13.0. The van der Waals surface area contributed by atoms with Gasteiger partial charge in [0.15, 0.2) is 5.78 Å². The van der Waals surface area contributed by atoms with E-state index in [1.165, 1.54) is 7.11 Å². The average Bonchev–Trinajstić information content (AvgIpc) is 2.89. The van der Waals surface area contributed by atoms with Crippen molar-refractivity contribution < 1.29 is 14.3 Å². The molecule has 6 nitrogen and oxygen atoms in total. The number of benzene rings is 1. The molecule has 1 aliphatic carbocycles. The van der Waals surface area contributed by atoms with E-state index in [1.54, 1.807) is 10.6 Å². The number of methoxy groups -OCH3 is 1. The Bertz CT molecular complexity index is 1000. The Kier molecular flexibility index (Phi) is 3.00. The SMILES string of the molecule is COC(=O)[C@@H]1C(=O)c2cn3c(nc2CC1(C)C)nc1ccccc13. The van der Waals surface area contributed by atoms with Crippen molar-refractivity contribution in [3.63, 3.8) is 0 Å². The minimum absolute atomic E-state index is 0.236. The molecule has 1 atom stereocenters. The Morgan fingerprint density at radius 2 is 2.04 bits per heavy atom. The number of fused-ring (bicyclic) bond motifs is 4. The van der Waals surface area contributed by atoms with Crippen molar-refractivity contribution in [1.82, 2.24) is 14.4 Å². The summed E-state index contributed by atoms with van der Waals surface area (Å²) in [4.78, 5) is 34.2. The van der Waals surface area contributed by atoms with E-state index in [0.29, 0.717) is 23.5 Å². The third-order valence-corrected chi connectivity index (χ3v) is 4.75. The van der Waals surface area contributed by atoms with Crippen LogP contribution in [0.25, 0.3) is 16.8 Å². The molecule has 0 radical (unpaired) electrons. The number of hydrogen-bond acceptors (Lipinski definition) is 5. The van der Waals surface area contributed by atoms with Crippen molar-refractivity contribution in [1.29, 1.82) is 0 Å². The number of imidazole rings is 1. The quantitative estimate of drug-likeness (QED) is 0.508. The summed E-state index contributed by atoms with van der Waals surface area (Å²) in [6.07, 6.45) is 2.27. The van der Waals surface area contributed by atoms with E-state index in [0.717, 1.165) is 11.0 Å². The van der Waals surface area contributed by atoms with Crippen molar-refractivity contribution in [2.75, 3.05) is 7.11 Å². The predicted octanol–water partition coefficient (Wildman–Crippen LogP) is 2.44. The fourth-order valence-corrected chi connectivity index (χ4v) is 3.55. The van der Waals surface area contributed by atoms with Crippen LogP contribution in [0.3, 0.4) is 0 Å². The summed E-state index contributed by atoms with van der Waals surface area (Å²) in [6.45, 7) is 3.78. The van der Waals surface area contributed by atoms with Crippen LogP contribution in [0.15, 0.2) is 30.5 Å². The Morgan fingerprint density at radius 3 is 2.79 bits per heavy atom. The van der Waals surface area contributed by atoms with Crippen LogP contribution in [0.4, 0.5) is 0 Å². The lowest BCUT2D eigenvalue weighted by molar-refractivity contribution is -0.147. The molecule has 0 bridgehead atoms. The highest BCUT2D eigenvalue weighted by Crippen LogP contribution is 2.39. The predicted molar refractivity (Wildman–Crippen MR) is 87.8 cm³/mol. The summed E-state index contributed by atoms with van der Waals surface area (Å²) in [5.41, 5.74) is 2.32. The first-order valence-electron chi connectivity index (χ1n) is 7.81. The number of hydrogen-bond donors (Lipinski definition) is 0. The third-order valence-electron chi connectivity index (χ3n) is 4.75. The molecule has 122 valence electrons. The monoisotopic (exact) mass is 323 g/mol. The fraction of sp³-hybridized carbons (Fsp3) is 0.333. The third kappa shape index (κ3) is 1.95. The van der Waals surface area contributed by atoms with Crippen LogP contribution < -0.4 is 0 Å². The molecule has 0 N–H and O–H groups in total. The average molecular weight is 323 g/mol. The second-order valence-corrected chi connectivity index (χ2v) is 6.86. The molecule has 0 aliphatic heterocycles. The molecule has 6 heteroatoms. The summed E-state index contributed by atoms with van der Waals surface area (Å²) in [7, 11) is 1.31. The standard InChI is InChI=1S/C18H17N3O3/c1-18(2)8-12-10(15(22)14(18)16(23)24-3)9-21-13-7-5-4-6-11(13)19-17(21)20-12/h4-7,9,14H,8H2,1-3H3/t14-/m0/s1. The van der Waals surface area contributed by atoms with Crippen LogP contribution >= 0.6 is 0 Å². The smallest absolute Gasteiger partial charge is 0.317 e. The molecule has 3 aromatic rings. The van der Waals surface area contributed by atoms with Gasteiger partial charge in [0, 0.05) is 6.20 Å². The van der Waals surface area contributed by atoms with Gasteiger partial charge in [0.25, 0.3) is 0 Å². The summed E-state index contributed by atoms with van der Waals surface area (Å²) >= 11 is 0. The van der Waals surface area contributed by atoms with Gasteiger partial charge in [-0.3, -0.25) is 14.0 Å². The molecule has 0 fully saturated rings. The van der Waals surface area contributed by atoms with Crippen LogP contribution in [0.5, 0.6) is 0 Å². The van der Waals surface area contributed by atoms with Crippen molar-refractivity contribution in [2.45, 2.75) is 20.3 Å². The van der Waals surface area contributed by atoms with E-state index in [1.807, 2.05) is 38.1 Å². The normalized spacial score (nSPS) is 19.5. The zero-order valence-corrected chi connectivity index (χ0v) is 13.7. The minimum Gasteiger partial charge on any atom is -0.468 e. The lowest BCUT2D eigenvalue weighted by atomic mass is 9.67. The number of ether oxygens (including phenoxy) is 1. The molecule has 0 unspecified atom stereocenters. The number of Topliss-reactive ketones (excluding diaryl/α,β-unsaturated/α-hetero) is 1. The van der Waals surface area contributed by atoms with Crippen LogP contribution in [0.2, 0.25) is 0 Å². The van der Waals surface area contributed by atoms with Gasteiger partial charge in [-0.25, -0.2) is 9.97 Å². The van der Waals surface area contributed by atoms with Crippen LogP contribution in [0, 0.1) is 11.3 Å². The number of para-hydroxylation sites is 2. The first kappa shape index (κ1) is 14.8. The molecule has 4 rings (SSSR count). The Hall–Kier alpha value is -2.76. The van der Waals surface area contributed by atoms with Crippen molar-refractivity contribution >= 4 is 28.6 Å². The second-order valence-electron chi connectivity index (χ2n) is 6.86. The summed E-state index contributed by atoms with van der Waals surface area (Å²) in [5.74, 6) is -0.981. The van der Waals surface area contributed by atoms with E-state index in [2.05, 4.69) is 9.97 Å². The highest BCUT2D eigenvalue weighted by atomic mass is 16.5. The fourth-order valence-electron chi connectivity index (χ4n) is 3.55. The van der Waals surface area contributed by atoms with Gasteiger partial charge in [0.2, 0.25) is 5.78 Å². The van der Waals surface area contributed by atoms with Gasteiger partial charge in [-0.1, -0.05) is 26.0 Å². The number of aromatic nitrogens is 3. The van der Waals surface area contributed by atoms with E-state index in [4.69, 9.17) is 4.74 Å².